The third-order valence-electron chi connectivity index (χ3n) is 5.61. The molecule has 1 atom stereocenters. The van der Waals surface area contributed by atoms with Gasteiger partial charge in [-0.1, -0.05) is 0 Å². The summed E-state index contributed by atoms with van der Waals surface area (Å²) >= 11 is 0. The Balaban J connectivity index is 1.98. The van der Waals surface area contributed by atoms with Gasteiger partial charge in [0, 0.05) is 29.4 Å². The van der Waals surface area contributed by atoms with Crippen molar-refractivity contribution in [1.29, 1.82) is 0 Å². The van der Waals surface area contributed by atoms with E-state index in [9.17, 15) is 35.1 Å². The Morgan fingerprint density at radius 1 is 1.03 bits per heavy atom. The van der Waals surface area contributed by atoms with E-state index in [4.69, 9.17) is 9.15 Å². The maximum Gasteiger partial charge on any atom is 0.347 e. The number of benzene rings is 2. The van der Waals surface area contributed by atoms with Crippen LogP contribution in [0.25, 0.3) is 10.8 Å². The maximum absolute atomic E-state index is 12.4. The molecule has 0 fully saturated rings. The summed E-state index contributed by atoms with van der Waals surface area (Å²) in [5, 5.41) is 52.3. The number of aryl methyl sites for hydroxylation is 1. The zero-order chi connectivity index (χ0) is 22.6. The van der Waals surface area contributed by atoms with E-state index in [-0.39, 0.29) is 69.6 Å². The molecule has 0 radical (unpaired) electrons. The van der Waals surface area contributed by atoms with Crippen LogP contribution in [0.15, 0.2) is 21.3 Å². The predicted molar refractivity (Wildman–Crippen MR) is 108 cm³/mol. The number of phenolic OH excluding ortho intramolecular Hbond substituents is 4. The van der Waals surface area contributed by atoms with Crippen molar-refractivity contribution < 1.29 is 39.5 Å². The number of ketones is 1. The van der Waals surface area contributed by atoms with E-state index >= 15 is 0 Å². The third kappa shape index (κ3) is 3.05. The molecule has 1 heterocycles. The standard InChI is InChI=1S/C22H20O9/c1-8-5-11-17(22(29)31-8)19(26)12(21(28)20(11)27)6-10-15(30-2)7-9-13(23)3-4-14(24)16(9)18(10)25/h5,7,13,23,25-28H,3-4,6H2,1-2H3/t13-/m1/s1. The van der Waals surface area contributed by atoms with E-state index in [2.05, 4.69) is 0 Å². The van der Waals surface area contributed by atoms with Crippen LogP contribution >= 0.6 is 0 Å². The summed E-state index contributed by atoms with van der Waals surface area (Å²) in [7, 11) is 1.32. The first-order valence-electron chi connectivity index (χ1n) is 9.49. The molecule has 5 N–H and O–H groups in total. The van der Waals surface area contributed by atoms with E-state index in [0.29, 0.717) is 0 Å². The highest BCUT2D eigenvalue weighted by Gasteiger charge is 2.32. The average Bonchev–Trinajstić information content (AvgIpc) is 2.72. The molecule has 4 rings (SSSR count). The van der Waals surface area contributed by atoms with E-state index in [1.807, 2.05) is 0 Å². The summed E-state index contributed by atoms with van der Waals surface area (Å²) in [6.07, 6.45) is -1.09. The molecule has 0 bridgehead atoms. The number of phenols is 4. The molecule has 0 amide bonds. The second kappa shape index (κ2) is 7.21. The van der Waals surface area contributed by atoms with Crippen molar-refractivity contribution >= 4 is 16.6 Å². The smallest absolute Gasteiger partial charge is 0.347 e. The highest BCUT2D eigenvalue weighted by molar-refractivity contribution is 6.02. The molecule has 162 valence electrons. The van der Waals surface area contributed by atoms with E-state index < -0.39 is 34.7 Å². The normalized spacial score (nSPS) is 15.8. The second-order valence-electron chi connectivity index (χ2n) is 7.48. The van der Waals surface area contributed by atoms with Gasteiger partial charge in [-0.3, -0.25) is 4.79 Å². The fraction of sp³-hybridized carbons (Fsp3) is 0.273. The van der Waals surface area contributed by atoms with Crippen molar-refractivity contribution in [3.63, 3.8) is 0 Å². The number of aliphatic hydroxyl groups is 1. The molecule has 1 aromatic heterocycles. The van der Waals surface area contributed by atoms with Crippen molar-refractivity contribution in [2.45, 2.75) is 32.3 Å². The topological polar surface area (TPSA) is 158 Å². The number of carbonyl (C=O) groups is 1. The van der Waals surface area contributed by atoms with E-state index in [1.165, 1.54) is 26.2 Å². The molecule has 0 saturated heterocycles. The minimum atomic E-state index is -0.957. The molecule has 1 aliphatic carbocycles. The van der Waals surface area contributed by atoms with Crippen molar-refractivity contribution in [3.05, 3.63) is 50.6 Å². The van der Waals surface area contributed by atoms with Gasteiger partial charge >= 0.3 is 5.63 Å². The summed E-state index contributed by atoms with van der Waals surface area (Å²) in [6.45, 7) is 1.48. The lowest BCUT2D eigenvalue weighted by molar-refractivity contribution is 0.0892. The van der Waals surface area contributed by atoms with Gasteiger partial charge in [0.05, 0.1) is 18.8 Å². The molecule has 0 spiro atoms. The molecule has 9 nitrogen and oxygen atoms in total. The zero-order valence-corrected chi connectivity index (χ0v) is 16.7. The number of rotatable bonds is 3. The largest absolute Gasteiger partial charge is 0.507 e. The Hall–Kier alpha value is -3.72. The predicted octanol–water partition coefficient (Wildman–Crippen LogP) is 2.53. The van der Waals surface area contributed by atoms with Gasteiger partial charge in [-0.25, -0.2) is 4.79 Å². The van der Waals surface area contributed by atoms with Gasteiger partial charge in [0.25, 0.3) is 0 Å². The Kier molecular flexibility index (Phi) is 4.78. The number of methoxy groups -OCH3 is 1. The lowest BCUT2D eigenvalue weighted by atomic mass is 9.84. The fourth-order valence-corrected chi connectivity index (χ4v) is 4.06. The van der Waals surface area contributed by atoms with Gasteiger partial charge in [-0.2, -0.15) is 0 Å². The molecule has 0 saturated carbocycles. The van der Waals surface area contributed by atoms with Crippen molar-refractivity contribution in [3.8, 4) is 28.7 Å². The van der Waals surface area contributed by atoms with Crippen LogP contribution < -0.4 is 10.4 Å². The number of hydrogen-bond acceptors (Lipinski definition) is 9. The second-order valence-corrected chi connectivity index (χ2v) is 7.48. The van der Waals surface area contributed by atoms with Crippen LogP contribution in [0, 0.1) is 6.92 Å². The highest BCUT2D eigenvalue weighted by Crippen LogP contribution is 2.47. The van der Waals surface area contributed by atoms with Gasteiger partial charge in [-0.15, -0.1) is 0 Å². The molecule has 0 unspecified atom stereocenters. The van der Waals surface area contributed by atoms with Crippen LogP contribution in [-0.2, 0) is 6.42 Å². The summed E-state index contributed by atoms with van der Waals surface area (Å²) < 4.78 is 10.3. The van der Waals surface area contributed by atoms with E-state index in [0.717, 1.165) is 0 Å². The Morgan fingerprint density at radius 2 is 1.74 bits per heavy atom. The van der Waals surface area contributed by atoms with Crippen LogP contribution in [-0.4, -0.2) is 38.4 Å². The summed E-state index contributed by atoms with van der Waals surface area (Å²) in [5.41, 5.74) is -0.985. The first-order chi connectivity index (χ1) is 14.6. The van der Waals surface area contributed by atoms with Crippen LogP contribution in [0.3, 0.4) is 0 Å². The van der Waals surface area contributed by atoms with Gasteiger partial charge in [0.1, 0.15) is 28.4 Å². The summed E-state index contributed by atoms with van der Waals surface area (Å²) in [6, 6.07) is 2.71. The SMILES string of the molecule is COc1cc2c(c(O)c1Cc1c(O)c(O)c3cc(C)oc(=O)c3c1O)C(=O)CC[C@H]2O. The number of hydrogen-bond donors (Lipinski definition) is 5. The van der Waals surface area contributed by atoms with Crippen LogP contribution in [0.1, 0.15) is 51.8 Å². The molecule has 31 heavy (non-hydrogen) atoms. The molecule has 2 aromatic carbocycles. The monoisotopic (exact) mass is 428 g/mol. The average molecular weight is 428 g/mol. The van der Waals surface area contributed by atoms with E-state index in [1.54, 1.807) is 0 Å². The third-order valence-corrected chi connectivity index (χ3v) is 5.61. The lowest BCUT2D eigenvalue weighted by Gasteiger charge is -2.24. The number of fused-ring (bicyclic) bond motifs is 2. The van der Waals surface area contributed by atoms with Gasteiger partial charge in [0.15, 0.2) is 17.3 Å². The first kappa shape index (κ1) is 20.5. The minimum absolute atomic E-state index is 0.0320. The molecular formula is C22H20O9. The number of carbonyl (C=O) groups excluding carboxylic acids is 1. The van der Waals surface area contributed by atoms with Gasteiger partial charge in [0.2, 0.25) is 0 Å². The molecular weight excluding hydrogens is 408 g/mol. The zero-order valence-electron chi connectivity index (χ0n) is 16.7. The molecule has 0 aliphatic heterocycles. The Bertz CT molecular complexity index is 1300. The minimum Gasteiger partial charge on any atom is -0.507 e. The summed E-state index contributed by atoms with van der Waals surface area (Å²) in [4.78, 5) is 24.7. The van der Waals surface area contributed by atoms with Crippen molar-refractivity contribution in [2.24, 2.45) is 0 Å². The molecule has 3 aromatic rings. The Labute approximate surface area is 175 Å². The van der Waals surface area contributed by atoms with Crippen molar-refractivity contribution in [2.75, 3.05) is 7.11 Å². The number of Topliss-reactive ketones (excluding diaryl/α,β-unsaturated/α-hetero) is 1. The number of aromatic hydroxyl groups is 4. The number of aliphatic hydroxyl groups excluding tert-OH is 1. The maximum atomic E-state index is 12.4. The van der Waals surface area contributed by atoms with Crippen molar-refractivity contribution in [1.82, 2.24) is 0 Å². The summed E-state index contributed by atoms with van der Waals surface area (Å²) in [5.74, 6) is -2.53. The van der Waals surface area contributed by atoms with Gasteiger partial charge in [-0.05, 0) is 31.0 Å². The lowest BCUT2D eigenvalue weighted by Crippen LogP contribution is -2.17. The van der Waals surface area contributed by atoms with Crippen LogP contribution in [0.2, 0.25) is 0 Å². The van der Waals surface area contributed by atoms with Crippen LogP contribution in [0.4, 0.5) is 0 Å². The highest BCUT2D eigenvalue weighted by atomic mass is 16.5. The molecule has 9 heteroatoms. The quantitative estimate of drug-likeness (QED) is 0.312. The van der Waals surface area contributed by atoms with Crippen LogP contribution in [0.5, 0.6) is 28.7 Å². The van der Waals surface area contributed by atoms with Gasteiger partial charge < -0.3 is 34.7 Å². The fourth-order valence-electron chi connectivity index (χ4n) is 4.06. The Morgan fingerprint density at radius 3 is 2.42 bits per heavy atom. The first-order valence-corrected chi connectivity index (χ1v) is 9.49. The molecule has 1 aliphatic rings. The number of ether oxygens (including phenoxy) is 1.